The highest BCUT2D eigenvalue weighted by atomic mass is 32.1. The number of nitrogens with zero attached hydrogens (tertiary/aromatic N) is 3. The van der Waals surface area contributed by atoms with E-state index in [0.717, 1.165) is 64.5 Å². The molecule has 2 aliphatic rings. The van der Waals surface area contributed by atoms with E-state index in [-0.39, 0.29) is 6.10 Å². The Morgan fingerprint density at radius 3 is 2.71 bits per heavy atom. The summed E-state index contributed by atoms with van der Waals surface area (Å²) in [6, 6.07) is 8.47. The van der Waals surface area contributed by atoms with Crippen LogP contribution in [0.3, 0.4) is 0 Å². The number of benzene rings is 1. The van der Waals surface area contributed by atoms with Gasteiger partial charge in [-0.1, -0.05) is 12.1 Å². The second-order valence-electron chi connectivity index (χ2n) is 6.94. The van der Waals surface area contributed by atoms with Gasteiger partial charge in [-0.25, -0.2) is 0 Å². The predicted octanol–water partition coefficient (Wildman–Crippen LogP) is 1.78. The van der Waals surface area contributed by atoms with Crippen LogP contribution in [-0.2, 0) is 0 Å². The number of nitrogens with one attached hydrogen (secondary N) is 1. The van der Waals surface area contributed by atoms with Crippen molar-refractivity contribution >= 4 is 27.4 Å². The highest BCUT2D eigenvalue weighted by molar-refractivity contribution is 7.13. The number of anilines is 1. The van der Waals surface area contributed by atoms with E-state index in [0.29, 0.717) is 5.92 Å². The molecular formula is C18H26N4OS. The fraction of sp³-hybridized carbons (Fsp3) is 0.611. The first-order valence-corrected chi connectivity index (χ1v) is 9.79. The van der Waals surface area contributed by atoms with Crippen molar-refractivity contribution < 1.29 is 5.11 Å². The molecule has 2 saturated heterocycles. The van der Waals surface area contributed by atoms with Gasteiger partial charge in [0.1, 0.15) is 5.82 Å². The molecule has 5 nitrogen and oxygen atoms in total. The largest absolute Gasteiger partial charge is 0.392 e. The normalized spacial score (nSPS) is 22.1. The molecule has 0 saturated carbocycles. The fourth-order valence-corrected chi connectivity index (χ4v) is 4.68. The van der Waals surface area contributed by atoms with E-state index < -0.39 is 0 Å². The molecule has 0 radical (unpaired) electrons. The molecule has 1 aromatic carbocycles. The van der Waals surface area contributed by atoms with Crippen LogP contribution in [0.5, 0.6) is 0 Å². The number of aromatic nitrogens is 1. The molecule has 2 fully saturated rings. The Hall–Kier alpha value is -1.21. The molecule has 4 rings (SSSR count). The molecule has 130 valence electrons. The zero-order valence-corrected chi connectivity index (χ0v) is 14.8. The van der Waals surface area contributed by atoms with Gasteiger partial charge in [0.25, 0.3) is 0 Å². The van der Waals surface area contributed by atoms with Gasteiger partial charge in [-0.3, -0.25) is 4.90 Å². The maximum Gasteiger partial charge on any atom is 0.150 e. The summed E-state index contributed by atoms with van der Waals surface area (Å²) in [7, 11) is 0. The molecule has 0 spiro atoms. The SMILES string of the molecule is OC(CN1CCN(c2nsc3ccccc23)CC1)C1CCNCC1. The van der Waals surface area contributed by atoms with Crippen molar-refractivity contribution in [3.63, 3.8) is 0 Å². The molecule has 2 N–H and O–H groups in total. The lowest BCUT2D eigenvalue weighted by Crippen LogP contribution is -2.50. The lowest BCUT2D eigenvalue weighted by Gasteiger charge is -2.37. The number of hydrogen-bond acceptors (Lipinski definition) is 6. The lowest BCUT2D eigenvalue weighted by atomic mass is 9.92. The van der Waals surface area contributed by atoms with E-state index in [1.54, 1.807) is 11.5 Å². The van der Waals surface area contributed by atoms with Crippen LogP contribution in [0.4, 0.5) is 5.82 Å². The number of piperidine rings is 1. The number of aliphatic hydroxyl groups is 1. The van der Waals surface area contributed by atoms with E-state index >= 15 is 0 Å². The Morgan fingerprint density at radius 1 is 1.17 bits per heavy atom. The molecule has 3 heterocycles. The van der Waals surface area contributed by atoms with Crippen LogP contribution < -0.4 is 10.2 Å². The summed E-state index contributed by atoms with van der Waals surface area (Å²) in [4.78, 5) is 4.81. The maximum absolute atomic E-state index is 10.5. The zero-order chi connectivity index (χ0) is 16.4. The molecule has 2 aliphatic heterocycles. The van der Waals surface area contributed by atoms with Crippen LogP contribution in [-0.4, -0.2) is 66.3 Å². The van der Waals surface area contributed by atoms with Crippen molar-refractivity contribution in [3.05, 3.63) is 24.3 Å². The zero-order valence-electron chi connectivity index (χ0n) is 14.0. The summed E-state index contributed by atoms with van der Waals surface area (Å²) in [5.41, 5.74) is 0. The third-order valence-electron chi connectivity index (χ3n) is 5.40. The minimum atomic E-state index is -0.182. The van der Waals surface area contributed by atoms with Crippen molar-refractivity contribution in [2.75, 3.05) is 50.7 Å². The first kappa shape index (κ1) is 16.3. The van der Waals surface area contributed by atoms with E-state index in [1.807, 2.05) is 0 Å². The molecule has 24 heavy (non-hydrogen) atoms. The number of fused-ring (bicyclic) bond motifs is 1. The second-order valence-corrected chi connectivity index (χ2v) is 7.75. The van der Waals surface area contributed by atoms with Crippen molar-refractivity contribution in [2.45, 2.75) is 18.9 Å². The molecule has 0 aliphatic carbocycles. The Morgan fingerprint density at radius 2 is 1.92 bits per heavy atom. The molecule has 1 aromatic heterocycles. The predicted molar refractivity (Wildman–Crippen MR) is 99.9 cm³/mol. The Labute approximate surface area is 147 Å². The summed E-state index contributed by atoms with van der Waals surface area (Å²) >= 11 is 1.59. The smallest absolute Gasteiger partial charge is 0.150 e. The third-order valence-corrected chi connectivity index (χ3v) is 6.22. The van der Waals surface area contributed by atoms with Gasteiger partial charge in [-0.05, 0) is 55.5 Å². The number of β-amino-alcohol motifs (C(OH)–C–C–N with tert-alkyl or cyclic N) is 1. The first-order chi connectivity index (χ1) is 11.8. The van der Waals surface area contributed by atoms with Crippen molar-refractivity contribution in [1.29, 1.82) is 0 Å². The van der Waals surface area contributed by atoms with Crippen molar-refractivity contribution in [1.82, 2.24) is 14.6 Å². The van der Waals surface area contributed by atoms with Gasteiger partial charge in [0.2, 0.25) is 0 Å². The Balaban J connectivity index is 1.33. The van der Waals surface area contributed by atoms with E-state index in [2.05, 4.69) is 43.8 Å². The van der Waals surface area contributed by atoms with E-state index in [1.165, 1.54) is 10.1 Å². The molecule has 0 bridgehead atoms. The maximum atomic E-state index is 10.5. The van der Waals surface area contributed by atoms with Crippen LogP contribution in [0.15, 0.2) is 24.3 Å². The summed E-state index contributed by atoms with van der Waals surface area (Å²) < 4.78 is 5.93. The summed E-state index contributed by atoms with van der Waals surface area (Å²) in [6.45, 7) is 6.91. The van der Waals surface area contributed by atoms with Crippen LogP contribution in [0.1, 0.15) is 12.8 Å². The van der Waals surface area contributed by atoms with Crippen LogP contribution in [0.2, 0.25) is 0 Å². The highest BCUT2D eigenvalue weighted by Crippen LogP contribution is 2.30. The third kappa shape index (κ3) is 3.42. The quantitative estimate of drug-likeness (QED) is 0.884. The molecular weight excluding hydrogens is 320 g/mol. The number of aliphatic hydroxyl groups excluding tert-OH is 1. The Bertz CT molecular complexity index is 662. The summed E-state index contributed by atoms with van der Waals surface area (Å²) in [6.07, 6.45) is 2.02. The van der Waals surface area contributed by atoms with Gasteiger partial charge in [-0.15, -0.1) is 0 Å². The lowest BCUT2D eigenvalue weighted by molar-refractivity contribution is 0.0487. The van der Waals surface area contributed by atoms with Gasteiger partial charge in [0, 0.05) is 38.1 Å². The average molecular weight is 347 g/mol. The average Bonchev–Trinajstić information content (AvgIpc) is 3.07. The molecule has 1 atom stereocenters. The summed E-state index contributed by atoms with van der Waals surface area (Å²) in [5, 5.41) is 15.2. The molecule has 6 heteroatoms. The van der Waals surface area contributed by atoms with Crippen LogP contribution >= 0.6 is 11.5 Å². The molecule has 1 unspecified atom stereocenters. The van der Waals surface area contributed by atoms with Crippen LogP contribution in [0.25, 0.3) is 10.1 Å². The minimum Gasteiger partial charge on any atom is -0.392 e. The van der Waals surface area contributed by atoms with Gasteiger partial charge in [-0.2, -0.15) is 4.37 Å². The highest BCUT2D eigenvalue weighted by Gasteiger charge is 2.26. The topological polar surface area (TPSA) is 51.6 Å². The van der Waals surface area contributed by atoms with Gasteiger partial charge in [0.15, 0.2) is 0 Å². The minimum absolute atomic E-state index is 0.182. The van der Waals surface area contributed by atoms with Gasteiger partial charge < -0.3 is 15.3 Å². The van der Waals surface area contributed by atoms with E-state index in [4.69, 9.17) is 0 Å². The monoisotopic (exact) mass is 346 g/mol. The molecule has 2 aromatic rings. The number of rotatable bonds is 4. The van der Waals surface area contributed by atoms with Crippen LogP contribution in [0, 0.1) is 5.92 Å². The van der Waals surface area contributed by atoms with E-state index in [9.17, 15) is 5.11 Å². The van der Waals surface area contributed by atoms with Crippen molar-refractivity contribution in [2.24, 2.45) is 5.92 Å². The second kappa shape index (κ2) is 7.35. The van der Waals surface area contributed by atoms with Gasteiger partial charge >= 0.3 is 0 Å². The number of piperazine rings is 1. The first-order valence-electron chi connectivity index (χ1n) is 9.02. The Kier molecular flexibility index (Phi) is 4.98. The van der Waals surface area contributed by atoms with Gasteiger partial charge in [0.05, 0.1) is 10.8 Å². The fourth-order valence-electron chi connectivity index (χ4n) is 3.89. The number of hydrogen-bond donors (Lipinski definition) is 2. The summed E-state index contributed by atoms with van der Waals surface area (Å²) in [5.74, 6) is 1.60. The van der Waals surface area contributed by atoms with Crippen molar-refractivity contribution in [3.8, 4) is 0 Å². The molecule has 0 amide bonds. The standard InChI is InChI=1S/C18H26N4OS/c23-16(14-5-7-19-8-6-14)13-21-9-11-22(12-10-21)18-15-3-1-2-4-17(15)24-20-18/h1-4,14,16,19,23H,5-13H2.